The largest absolute Gasteiger partial charge is 0.504 e. The average molecular weight is 339 g/mol. The van der Waals surface area contributed by atoms with Crippen LogP contribution in [0.5, 0.6) is 11.5 Å². The molecule has 0 aromatic heterocycles. The molecule has 24 heavy (non-hydrogen) atoms. The first-order chi connectivity index (χ1) is 10.8. The summed E-state index contributed by atoms with van der Waals surface area (Å²) in [6.07, 6.45) is -0.869. The van der Waals surface area contributed by atoms with Crippen LogP contribution in [0.25, 0.3) is 0 Å². The third-order valence-corrected chi connectivity index (χ3v) is 3.84. The zero-order valence-corrected chi connectivity index (χ0v) is 14.5. The quantitative estimate of drug-likeness (QED) is 0.476. The summed E-state index contributed by atoms with van der Waals surface area (Å²) in [5, 5.41) is 28.6. The number of esters is 1. The summed E-state index contributed by atoms with van der Waals surface area (Å²) in [5.41, 5.74) is 3.79. The van der Waals surface area contributed by atoms with Crippen molar-refractivity contribution in [3.8, 4) is 11.5 Å². The Bertz CT molecular complexity index is 632. The smallest absolute Gasteiger partial charge is 0.324 e. The van der Waals surface area contributed by atoms with E-state index in [9.17, 15) is 24.9 Å². The molecule has 0 fully saturated rings. The van der Waals surface area contributed by atoms with Crippen molar-refractivity contribution >= 4 is 11.9 Å². The Hall–Kier alpha value is -2.28. The molecule has 0 saturated heterocycles. The lowest BCUT2D eigenvalue weighted by Crippen LogP contribution is -2.54. The molecule has 134 valence electrons. The van der Waals surface area contributed by atoms with Crippen molar-refractivity contribution in [2.24, 2.45) is 11.1 Å². The fraction of sp³-hybridized carbons (Fsp3) is 0.529. The molecule has 0 spiro atoms. The van der Waals surface area contributed by atoms with E-state index in [1.165, 1.54) is 25.1 Å². The lowest BCUT2D eigenvalue weighted by molar-refractivity contribution is -0.162. The molecule has 0 aliphatic heterocycles. The van der Waals surface area contributed by atoms with Gasteiger partial charge in [-0.2, -0.15) is 0 Å². The van der Waals surface area contributed by atoms with Gasteiger partial charge in [-0.05, 0) is 52.3 Å². The normalized spacial score (nSPS) is 16.8. The minimum atomic E-state index is -1.76. The Labute approximate surface area is 141 Å². The Balaban J connectivity index is 3.31. The van der Waals surface area contributed by atoms with Gasteiger partial charge in [0, 0.05) is 5.92 Å². The maximum atomic E-state index is 12.1. The first-order valence-electron chi connectivity index (χ1n) is 7.53. The molecule has 1 unspecified atom stereocenters. The number of carbonyl (C=O) groups excluding carboxylic acids is 1. The summed E-state index contributed by atoms with van der Waals surface area (Å²) in [6.45, 7) is 7.91. The summed E-state index contributed by atoms with van der Waals surface area (Å²) < 4.78 is 5.41. The number of carbonyl (C=O) groups is 2. The van der Waals surface area contributed by atoms with Gasteiger partial charge in [-0.15, -0.1) is 0 Å². The highest BCUT2D eigenvalue weighted by Gasteiger charge is 2.44. The molecular weight excluding hydrogens is 314 g/mol. The van der Waals surface area contributed by atoms with Crippen molar-refractivity contribution < 1.29 is 29.6 Å². The molecule has 0 heterocycles. The lowest BCUT2D eigenvalue weighted by atomic mass is 9.77. The van der Waals surface area contributed by atoms with Gasteiger partial charge >= 0.3 is 11.9 Å². The molecule has 0 aliphatic carbocycles. The first-order valence-corrected chi connectivity index (χ1v) is 7.53. The van der Waals surface area contributed by atoms with Gasteiger partial charge in [-0.25, -0.2) is 0 Å². The lowest BCUT2D eigenvalue weighted by Gasteiger charge is -2.35. The van der Waals surface area contributed by atoms with Crippen LogP contribution in [0, 0.1) is 5.41 Å². The van der Waals surface area contributed by atoms with E-state index in [2.05, 4.69) is 0 Å². The van der Waals surface area contributed by atoms with Crippen LogP contribution in [0.3, 0.4) is 0 Å². The van der Waals surface area contributed by atoms with E-state index in [1.807, 2.05) is 0 Å². The second kappa shape index (κ2) is 6.68. The van der Waals surface area contributed by atoms with Gasteiger partial charge in [0.1, 0.15) is 11.6 Å². The number of nitrogens with two attached hydrogens (primary N) is 1. The molecule has 0 aliphatic rings. The van der Waals surface area contributed by atoms with Crippen LogP contribution in [0.1, 0.15) is 46.1 Å². The van der Waals surface area contributed by atoms with Gasteiger partial charge in [-0.3, -0.25) is 9.59 Å². The number of aliphatic carboxylic acids is 1. The van der Waals surface area contributed by atoms with Crippen LogP contribution >= 0.6 is 0 Å². The monoisotopic (exact) mass is 339 g/mol. The van der Waals surface area contributed by atoms with Crippen LogP contribution in [-0.2, 0) is 14.3 Å². The summed E-state index contributed by atoms with van der Waals surface area (Å²) in [4.78, 5) is 23.7. The van der Waals surface area contributed by atoms with E-state index in [-0.39, 0.29) is 5.75 Å². The first kappa shape index (κ1) is 19.8. The molecule has 1 aromatic carbocycles. The van der Waals surface area contributed by atoms with E-state index >= 15 is 0 Å². The Kier molecular flexibility index (Phi) is 5.50. The molecule has 1 rings (SSSR count). The van der Waals surface area contributed by atoms with Crippen molar-refractivity contribution in [1.29, 1.82) is 0 Å². The number of aromatic hydroxyl groups is 2. The number of phenolic OH excluding ortho intramolecular Hbond substituents is 2. The third kappa shape index (κ3) is 4.17. The minimum Gasteiger partial charge on any atom is -0.504 e. The Morgan fingerprint density at radius 2 is 1.67 bits per heavy atom. The summed E-state index contributed by atoms with van der Waals surface area (Å²) in [7, 11) is 0. The van der Waals surface area contributed by atoms with Crippen molar-refractivity contribution in [3.63, 3.8) is 0 Å². The maximum absolute atomic E-state index is 12.1. The molecule has 5 N–H and O–H groups in total. The molecule has 0 saturated carbocycles. The second-order valence-corrected chi connectivity index (χ2v) is 7.17. The SMILES string of the molecule is CC(OC(=O)C(C)(C)C)[C@@H](c1ccc(O)c(O)c1)[C@](C)(N)C(=O)O. The fourth-order valence-electron chi connectivity index (χ4n) is 2.39. The molecule has 0 bridgehead atoms. The Morgan fingerprint density at radius 1 is 1.12 bits per heavy atom. The van der Waals surface area contributed by atoms with E-state index in [0.717, 1.165) is 0 Å². The van der Waals surface area contributed by atoms with Crippen molar-refractivity contribution in [3.05, 3.63) is 23.8 Å². The number of benzene rings is 1. The molecule has 7 nitrogen and oxygen atoms in total. The van der Waals surface area contributed by atoms with Crippen molar-refractivity contribution in [1.82, 2.24) is 0 Å². The van der Waals surface area contributed by atoms with E-state index in [1.54, 1.807) is 27.7 Å². The molecule has 1 aromatic rings. The number of rotatable bonds is 5. The van der Waals surface area contributed by atoms with E-state index in [0.29, 0.717) is 5.56 Å². The predicted molar refractivity (Wildman–Crippen MR) is 87.7 cm³/mol. The standard InChI is InChI=1S/C17H25NO6/c1-9(24-15(23)16(2,3)4)13(17(5,18)14(21)22)10-6-7-11(19)12(20)8-10/h6-9,13,19-20H,18H2,1-5H3,(H,21,22)/t9?,13-,17-/m0/s1. The molecular formula is C17H25NO6. The highest BCUT2D eigenvalue weighted by atomic mass is 16.5. The van der Waals surface area contributed by atoms with Gasteiger partial charge < -0.3 is 25.8 Å². The zero-order chi connectivity index (χ0) is 18.9. The fourth-order valence-corrected chi connectivity index (χ4v) is 2.39. The Morgan fingerprint density at radius 3 is 2.08 bits per heavy atom. The number of hydrogen-bond donors (Lipinski definition) is 4. The molecule has 3 atom stereocenters. The number of hydrogen-bond acceptors (Lipinski definition) is 6. The van der Waals surface area contributed by atoms with Gasteiger partial charge in [0.2, 0.25) is 0 Å². The van der Waals surface area contributed by atoms with Crippen LogP contribution in [-0.4, -0.2) is 38.9 Å². The van der Waals surface area contributed by atoms with Crippen LogP contribution in [0.2, 0.25) is 0 Å². The van der Waals surface area contributed by atoms with Crippen LogP contribution in [0.4, 0.5) is 0 Å². The predicted octanol–water partition coefficient (Wildman–Crippen LogP) is 1.96. The zero-order valence-electron chi connectivity index (χ0n) is 14.5. The van der Waals surface area contributed by atoms with Crippen molar-refractivity contribution in [2.75, 3.05) is 0 Å². The average Bonchev–Trinajstić information content (AvgIpc) is 2.41. The second-order valence-electron chi connectivity index (χ2n) is 7.17. The van der Waals surface area contributed by atoms with Gasteiger partial charge in [0.25, 0.3) is 0 Å². The number of carboxylic acids is 1. The van der Waals surface area contributed by atoms with E-state index < -0.39 is 40.7 Å². The van der Waals surface area contributed by atoms with E-state index in [4.69, 9.17) is 10.5 Å². The summed E-state index contributed by atoms with van der Waals surface area (Å²) >= 11 is 0. The van der Waals surface area contributed by atoms with Crippen molar-refractivity contribution in [2.45, 2.75) is 52.2 Å². The highest BCUT2D eigenvalue weighted by Crippen LogP contribution is 2.37. The topological polar surface area (TPSA) is 130 Å². The van der Waals surface area contributed by atoms with Gasteiger partial charge in [0.05, 0.1) is 5.41 Å². The third-order valence-electron chi connectivity index (χ3n) is 3.84. The molecule has 7 heteroatoms. The summed E-state index contributed by atoms with van der Waals surface area (Å²) in [5.74, 6) is -3.46. The number of carboxylic acid groups (broad SMARTS) is 1. The minimum absolute atomic E-state index is 0.340. The van der Waals surface area contributed by atoms with Crippen LogP contribution < -0.4 is 5.73 Å². The highest BCUT2D eigenvalue weighted by molar-refractivity contribution is 5.80. The maximum Gasteiger partial charge on any atom is 0.324 e. The van der Waals surface area contributed by atoms with Gasteiger partial charge in [0.15, 0.2) is 11.5 Å². The summed E-state index contributed by atoms with van der Waals surface area (Å²) in [6, 6.07) is 3.89. The van der Waals surface area contributed by atoms with Gasteiger partial charge in [-0.1, -0.05) is 6.07 Å². The number of phenols is 2. The van der Waals surface area contributed by atoms with Crippen LogP contribution in [0.15, 0.2) is 18.2 Å². The number of ether oxygens (including phenoxy) is 1. The molecule has 0 amide bonds. The molecule has 0 radical (unpaired) electrons.